The Morgan fingerprint density at radius 3 is 2.73 bits per heavy atom. The summed E-state index contributed by atoms with van der Waals surface area (Å²) in [6, 6.07) is 8.35. The monoisotopic (exact) mass is 301 g/mol. The van der Waals surface area contributed by atoms with Crippen molar-refractivity contribution in [2.45, 2.75) is 38.1 Å². The highest BCUT2D eigenvalue weighted by Crippen LogP contribution is 2.22. The van der Waals surface area contributed by atoms with Crippen molar-refractivity contribution in [2.24, 2.45) is 7.05 Å². The summed E-state index contributed by atoms with van der Waals surface area (Å²) >= 11 is 0. The normalized spacial score (nSPS) is 15.7. The molecule has 116 valence electrons. The summed E-state index contributed by atoms with van der Waals surface area (Å²) in [5, 5.41) is 7.33. The van der Waals surface area contributed by atoms with Crippen molar-refractivity contribution in [3.8, 4) is 11.3 Å². The van der Waals surface area contributed by atoms with Crippen LogP contribution in [0.15, 0.2) is 30.3 Å². The average molecular weight is 301 g/mol. The van der Waals surface area contributed by atoms with Crippen LogP contribution >= 0.6 is 0 Å². The van der Waals surface area contributed by atoms with Gasteiger partial charge in [0.25, 0.3) is 5.91 Å². The largest absolute Gasteiger partial charge is 0.348 e. The van der Waals surface area contributed by atoms with Crippen LogP contribution in [0.1, 0.15) is 42.6 Å². The van der Waals surface area contributed by atoms with Crippen LogP contribution in [0.3, 0.4) is 0 Å². The van der Waals surface area contributed by atoms with E-state index in [0.717, 1.165) is 25.7 Å². The topological polar surface area (TPSA) is 46.9 Å². The number of carbonyl (C=O) groups is 1. The molecule has 1 aromatic heterocycles. The van der Waals surface area contributed by atoms with Crippen molar-refractivity contribution >= 4 is 5.91 Å². The molecule has 22 heavy (non-hydrogen) atoms. The number of rotatable bonds is 3. The molecule has 4 nitrogen and oxygen atoms in total. The zero-order chi connectivity index (χ0) is 15.5. The summed E-state index contributed by atoms with van der Waals surface area (Å²) in [6.45, 7) is 0. The third-order valence-electron chi connectivity index (χ3n) is 4.20. The van der Waals surface area contributed by atoms with Gasteiger partial charge in [0, 0.05) is 18.7 Å². The van der Waals surface area contributed by atoms with Gasteiger partial charge in [0.1, 0.15) is 11.5 Å². The Bertz CT molecular complexity index is 674. The number of halogens is 1. The van der Waals surface area contributed by atoms with Crippen molar-refractivity contribution in [1.29, 1.82) is 0 Å². The number of hydrogen-bond donors (Lipinski definition) is 1. The molecule has 0 atom stereocenters. The third kappa shape index (κ3) is 3.03. The van der Waals surface area contributed by atoms with Crippen molar-refractivity contribution in [3.63, 3.8) is 0 Å². The average Bonchev–Trinajstić information content (AvgIpc) is 2.90. The smallest absolute Gasteiger partial charge is 0.269 e. The molecule has 1 aliphatic carbocycles. The molecule has 1 fully saturated rings. The number of amides is 1. The van der Waals surface area contributed by atoms with E-state index in [1.54, 1.807) is 31.3 Å². The van der Waals surface area contributed by atoms with Crippen LogP contribution in [-0.4, -0.2) is 21.7 Å². The quantitative estimate of drug-likeness (QED) is 0.945. The summed E-state index contributed by atoms with van der Waals surface area (Å²) in [6.07, 6.45) is 5.64. The lowest BCUT2D eigenvalue weighted by atomic mass is 9.95. The minimum Gasteiger partial charge on any atom is -0.348 e. The number of nitrogens with one attached hydrogen (secondary N) is 1. The fraction of sp³-hybridized carbons (Fsp3) is 0.412. The van der Waals surface area contributed by atoms with E-state index in [2.05, 4.69) is 10.4 Å². The molecule has 0 unspecified atom stereocenters. The first-order valence-electron chi connectivity index (χ1n) is 7.75. The second kappa shape index (κ2) is 6.30. The summed E-state index contributed by atoms with van der Waals surface area (Å²) in [5.74, 6) is -0.468. The van der Waals surface area contributed by atoms with Crippen LogP contribution in [0.5, 0.6) is 0 Å². The van der Waals surface area contributed by atoms with Crippen molar-refractivity contribution in [3.05, 3.63) is 41.8 Å². The maximum absolute atomic E-state index is 13.8. The third-order valence-corrected chi connectivity index (χ3v) is 4.20. The molecule has 1 aromatic carbocycles. The first-order chi connectivity index (χ1) is 10.6. The summed E-state index contributed by atoms with van der Waals surface area (Å²) in [4.78, 5) is 12.4. The summed E-state index contributed by atoms with van der Waals surface area (Å²) < 4.78 is 15.4. The van der Waals surface area contributed by atoms with Gasteiger partial charge in [-0.1, -0.05) is 31.4 Å². The Hall–Kier alpha value is -2.17. The van der Waals surface area contributed by atoms with Crippen LogP contribution in [0.25, 0.3) is 11.3 Å². The van der Waals surface area contributed by atoms with E-state index in [1.165, 1.54) is 17.2 Å². The van der Waals surface area contributed by atoms with Gasteiger partial charge in [-0.3, -0.25) is 9.48 Å². The van der Waals surface area contributed by atoms with Gasteiger partial charge in [0.2, 0.25) is 0 Å². The number of benzene rings is 1. The number of hydrogen-bond acceptors (Lipinski definition) is 2. The molecule has 1 amide bonds. The lowest BCUT2D eigenvalue weighted by Crippen LogP contribution is -2.37. The van der Waals surface area contributed by atoms with Gasteiger partial charge in [-0.05, 0) is 31.0 Å². The number of carbonyl (C=O) groups excluding carboxylic acids is 1. The van der Waals surface area contributed by atoms with E-state index >= 15 is 0 Å². The first kappa shape index (κ1) is 14.8. The van der Waals surface area contributed by atoms with Gasteiger partial charge in [-0.25, -0.2) is 4.39 Å². The van der Waals surface area contributed by atoms with Crippen molar-refractivity contribution < 1.29 is 9.18 Å². The Balaban J connectivity index is 1.80. The van der Waals surface area contributed by atoms with Gasteiger partial charge in [0.15, 0.2) is 0 Å². The molecule has 5 heteroatoms. The fourth-order valence-electron chi connectivity index (χ4n) is 2.99. The Morgan fingerprint density at radius 1 is 1.27 bits per heavy atom. The first-order valence-corrected chi connectivity index (χ1v) is 7.75. The van der Waals surface area contributed by atoms with E-state index in [1.807, 2.05) is 0 Å². The second-order valence-electron chi connectivity index (χ2n) is 5.83. The minimum atomic E-state index is -0.333. The van der Waals surface area contributed by atoms with Crippen LogP contribution in [0, 0.1) is 5.82 Å². The van der Waals surface area contributed by atoms with E-state index in [9.17, 15) is 9.18 Å². The zero-order valence-electron chi connectivity index (χ0n) is 12.7. The SMILES string of the molecule is Cn1nc(-c2ccccc2F)cc1C(=O)NC1CCCCC1. The Kier molecular flexibility index (Phi) is 4.22. The number of aromatic nitrogens is 2. The molecule has 0 bridgehead atoms. The van der Waals surface area contributed by atoms with E-state index < -0.39 is 0 Å². The lowest BCUT2D eigenvalue weighted by Gasteiger charge is -2.22. The molecule has 1 aliphatic rings. The van der Waals surface area contributed by atoms with E-state index in [-0.39, 0.29) is 17.8 Å². The maximum atomic E-state index is 13.8. The molecule has 1 N–H and O–H groups in total. The molecule has 1 heterocycles. The summed E-state index contributed by atoms with van der Waals surface area (Å²) in [5.41, 5.74) is 1.35. The molecular weight excluding hydrogens is 281 g/mol. The highest BCUT2D eigenvalue weighted by molar-refractivity contribution is 5.93. The van der Waals surface area contributed by atoms with E-state index in [0.29, 0.717) is 17.0 Å². The van der Waals surface area contributed by atoms with Gasteiger partial charge in [-0.2, -0.15) is 5.10 Å². The Labute approximate surface area is 129 Å². The highest BCUT2D eigenvalue weighted by Gasteiger charge is 2.20. The molecule has 0 spiro atoms. The molecular formula is C17H20FN3O. The van der Waals surface area contributed by atoms with Gasteiger partial charge in [-0.15, -0.1) is 0 Å². The maximum Gasteiger partial charge on any atom is 0.269 e. The number of nitrogens with zero attached hydrogens (tertiary/aromatic N) is 2. The lowest BCUT2D eigenvalue weighted by molar-refractivity contribution is 0.0918. The van der Waals surface area contributed by atoms with Crippen LogP contribution in [-0.2, 0) is 7.05 Å². The second-order valence-corrected chi connectivity index (χ2v) is 5.83. The van der Waals surface area contributed by atoms with Gasteiger partial charge < -0.3 is 5.32 Å². The van der Waals surface area contributed by atoms with E-state index in [4.69, 9.17) is 0 Å². The minimum absolute atomic E-state index is 0.135. The molecule has 1 saturated carbocycles. The molecule has 0 radical (unpaired) electrons. The number of aryl methyl sites for hydroxylation is 1. The molecule has 0 aliphatic heterocycles. The van der Waals surface area contributed by atoms with Gasteiger partial charge >= 0.3 is 0 Å². The highest BCUT2D eigenvalue weighted by atomic mass is 19.1. The molecule has 0 saturated heterocycles. The van der Waals surface area contributed by atoms with Crippen molar-refractivity contribution in [2.75, 3.05) is 0 Å². The predicted molar refractivity (Wildman–Crippen MR) is 82.9 cm³/mol. The van der Waals surface area contributed by atoms with Crippen LogP contribution < -0.4 is 5.32 Å². The van der Waals surface area contributed by atoms with Crippen LogP contribution in [0.2, 0.25) is 0 Å². The predicted octanol–water partition coefficient (Wildman–Crippen LogP) is 3.29. The van der Waals surface area contributed by atoms with Gasteiger partial charge in [0.05, 0.1) is 5.69 Å². The molecule has 2 aromatic rings. The Morgan fingerprint density at radius 2 is 2.00 bits per heavy atom. The van der Waals surface area contributed by atoms with Crippen LogP contribution in [0.4, 0.5) is 4.39 Å². The summed E-state index contributed by atoms with van der Waals surface area (Å²) in [7, 11) is 1.71. The standard InChI is InChI=1S/C17H20FN3O/c1-21-16(17(22)19-12-7-3-2-4-8-12)11-15(20-21)13-9-5-6-10-14(13)18/h5-6,9-12H,2-4,7-8H2,1H3,(H,19,22). The zero-order valence-corrected chi connectivity index (χ0v) is 12.7. The fourth-order valence-corrected chi connectivity index (χ4v) is 2.99. The molecule has 3 rings (SSSR count). The van der Waals surface area contributed by atoms with Crippen molar-refractivity contribution in [1.82, 2.24) is 15.1 Å².